The van der Waals surface area contributed by atoms with Gasteiger partial charge in [0.1, 0.15) is 18.5 Å². The molecular weight excluding hydrogens is 408 g/mol. The van der Waals surface area contributed by atoms with E-state index in [1.807, 2.05) is 12.1 Å². The Balaban J connectivity index is 1.29. The van der Waals surface area contributed by atoms with Gasteiger partial charge in [-0.15, -0.1) is 0 Å². The molecule has 0 saturated carbocycles. The number of rotatable bonds is 9. The number of piperazine rings is 1. The summed E-state index contributed by atoms with van der Waals surface area (Å²) in [7, 11) is 0. The van der Waals surface area contributed by atoms with E-state index in [9.17, 15) is 5.11 Å². The Morgan fingerprint density at radius 1 is 0.727 bits per heavy atom. The molecule has 1 heterocycles. The molecule has 1 saturated heterocycles. The molecule has 1 N–H and O–H groups in total. The van der Waals surface area contributed by atoms with Crippen molar-refractivity contribution in [3.05, 3.63) is 102 Å². The van der Waals surface area contributed by atoms with Crippen LogP contribution in [0, 0.1) is 0 Å². The van der Waals surface area contributed by atoms with Crippen LogP contribution < -0.4 is 4.74 Å². The lowest BCUT2D eigenvalue weighted by Crippen LogP contribution is -2.50. The van der Waals surface area contributed by atoms with E-state index in [1.54, 1.807) is 0 Å². The molecule has 0 radical (unpaired) electrons. The van der Waals surface area contributed by atoms with E-state index in [2.05, 4.69) is 96.4 Å². The Hall–Kier alpha value is -2.66. The zero-order chi connectivity index (χ0) is 23.0. The maximum Gasteiger partial charge on any atom is 0.119 e. The molecule has 1 aliphatic heterocycles. The lowest BCUT2D eigenvalue weighted by Gasteiger charge is -2.40. The SMILES string of the molecule is CC(C)c1ccc(OC[C@H](O)CN2CCN(C(c3ccccc3)c3ccccc3)CC2)cc1. The molecule has 1 aliphatic rings. The van der Waals surface area contributed by atoms with Crippen molar-refractivity contribution in [3.63, 3.8) is 0 Å². The summed E-state index contributed by atoms with van der Waals surface area (Å²) in [6.45, 7) is 9.14. The van der Waals surface area contributed by atoms with Gasteiger partial charge in [0.2, 0.25) is 0 Å². The fourth-order valence-corrected chi connectivity index (χ4v) is 4.58. The van der Waals surface area contributed by atoms with Gasteiger partial charge in [0, 0.05) is 32.7 Å². The summed E-state index contributed by atoms with van der Waals surface area (Å²) in [5, 5.41) is 10.6. The summed E-state index contributed by atoms with van der Waals surface area (Å²) >= 11 is 0. The van der Waals surface area contributed by atoms with Crippen LogP contribution >= 0.6 is 0 Å². The molecule has 3 aromatic rings. The maximum absolute atomic E-state index is 10.6. The van der Waals surface area contributed by atoms with Crippen LogP contribution in [0.2, 0.25) is 0 Å². The average molecular weight is 445 g/mol. The molecule has 3 aromatic carbocycles. The first-order valence-electron chi connectivity index (χ1n) is 12.1. The number of nitrogens with zero attached hydrogens (tertiary/aromatic N) is 2. The Labute approximate surface area is 198 Å². The predicted molar refractivity (Wildman–Crippen MR) is 135 cm³/mol. The van der Waals surface area contributed by atoms with Gasteiger partial charge in [0.15, 0.2) is 0 Å². The van der Waals surface area contributed by atoms with Crippen molar-refractivity contribution in [1.29, 1.82) is 0 Å². The lowest BCUT2D eigenvalue weighted by molar-refractivity contribution is 0.0401. The fraction of sp³-hybridized carbons (Fsp3) is 0.379. The van der Waals surface area contributed by atoms with Crippen LogP contribution in [0.15, 0.2) is 84.9 Å². The van der Waals surface area contributed by atoms with Gasteiger partial charge in [-0.3, -0.25) is 9.80 Å². The minimum atomic E-state index is -0.500. The van der Waals surface area contributed by atoms with Crippen molar-refractivity contribution in [2.75, 3.05) is 39.3 Å². The Morgan fingerprint density at radius 2 is 1.27 bits per heavy atom. The van der Waals surface area contributed by atoms with Crippen molar-refractivity contribution in [3.8, 4) is 5.75 Å². The van der Waals surface area contributed by atoms with E-state index in [-0.39, 0.29) is 6.04 Å². The molecule has 1 atom stereocenters. The molecule has 4 nitrogen and oxygen atoms in total. The van der Waals surface area contributed by atoms with Crippen LogP contribution in [0.3, 0.4) is 0 Å². The van der Waals surface area contributed by atoms with Gasteiger partial charge in [-0.2, -0.15) is 0 Å². The standard InChI is InChI=1S/C29H36N2O2/c1-23(2)24-13-15-28(16-14-24)33-22-27(32)21-30-17-19-31(20-18-30)29(25-9-5-3-6-10-25)26-11-7-4-8-12-26/h3-16,23,27,29,32H,17-22H2,1-2H3/t27-/m1/s1. The highest BCUT2D eigenvalue weighted by atomic mass is 16.5. The molecule has 4 heteroatoms. The van der Waals surface area contributed by atoms with Gasteiger partial charge < -0.3 is 9.84 Å². The third kappa shape index (κ3) is 6.44. The maximum atomic E-state index is 10.6. The van der Waals surface area contributed by atoms with Gasteiger partial charge in [0.05, 0.1) is 6.04 Å². The molecule has 4 rings (SSSR count). The largest absolute Gasteiger partial charge is 0.491 e. The molecule has 0 aliphatic carbocycles. The zero-order valence-corrected chi connectivity index (χ0v) is 19.8. The Bertz CT molecular complexity index is 912. The molecule has 0 unspecified atom stereocenters. The summed E-state index contributed by atoms with van der Waals surface area (Å²) in [4.78, 5) is 4.90. The summed E-state index contributed by atoms with van der Waals surface area (Å²) in [5.41, 5.74) is 3.95. The first-order chi connectivity index (χ1) is 16.1. The monoisotopic (exact) mass is 444 g/mol. The number of hydrogen-bond acceptors (Lipinski definition) is 4. The van der Waals surface area contributed by atoms with Crippen LogP contribution in [0.25, 0.3) is 0 Å². The molecular formula is C29H36N2O2. The normalized spacial score (nSPS) is 16.3. The van der Waals surface area contributed by atoms with Crippen molar-refractivity contribution in [2.45, 2.75) is 31.9 Å². The van der Waals surface area contributed by atoms with Crippen molar-refractivity contribution < 1.29 is 9.84 Å². The average Bonchev–Trinajstić information content (AvgIpc) is 2.85. The second kappa shape index (κ2) is 11.5. The summed E-state index contributed by atoms with van der Waals surface area (Å²) in [6, 6.07) is 30.0. The van der Waals surface area contributed by atoms with E-state index < -0.39 is 6.10 Å². The summed E-state index contributed by atoms with van der Waals surface area (Å²) < 4.78 is 5.83. The van der Waals surface area contributed by atoms with Gasteiger partial charge in [0.25, 0.3) is 0 Å². The molecule has 0 bridgehead atoms. The summed E-state index contributed by atoms with van der Waals surface area (Å²) in [6.07, 6.45) is -0.500. The third-order valence-electron chi connectivity index (χ3n) is 6.46. The van der Waals surface area contributed by atoms with Crippen LogP contribution in [0.5, 0.6) is 5.75 Å². The highest BCUT2D eigenvalue weighted by Gasteiger charge is 2.27. The molecule has 1 fully saturated rings. The number of ether oxygens (including phenoxy) is 1. The second-order valence-corrected chi connectivity index (χ2v) is 9.25. The fourth-order valence-electron chi connectivity index (χ4n) is 4.58. The highest BCUT2D eigenvalue weighted by Crippen LogP contribution is 2.29. The van der Waals surface area contributed by atoms with Crippen molar-refractivity contribution in [1.82, 2.24) is 9.80 Å². The topological polar surface area (TPSA) is 35.9 Å². The van der Waals surface area contributed by atoms with Gasteiger partial charge in [-0.1, -0.05) is 86.6 Å². The van der Waals surface area contributed by atoms with Crippen LogP contribution in [0.1, 0.15) is 42.5 Å². The number of benzene rings is 3. The Morgan fingerprint density at radius 3 is 1.79 bits per heavy atom. The van der Waals surface area contributed by atoms with E-state index >= 15 is 0 Å². The van der Waals surface area contributed by atoms with Gasteiger partial charge in [-0.05, 0) is 34.7 Å². The molecule has 174 valence electrons. The number of aliphatic hydroxyl groups excluding tert-OH is 1. The van der Waals surface area contributed by atoms with Gasteiger partial charge in [-0.25, -0.2) is 0 Å². The Kier molecular flexibility index (Phi) is 8.16. The molecule has 0 aromatic heterocycles. The van der Waals surface area contributed by atoms with E-state index in [4.69, 9.17) is 4.74 Å². The van der Waals surface area contributed by atoms with E-state index in [0.29, 0.717) is 19.1 Å². The first-order valence-corrected chi connectivity index (χ1v) is 12.1. The minimum Gasteiger partial charge on any atom is -0.491 e. The summed E-state index contributed by atoms with van der Waals surface area (Å²) in [5.74, 6) is 1.32. The highest BCUT2D eigenvalue weighted by molar-refractivity contribution is 5.32. The van der Waals surface area contributed by atoms with Crippen LogP contribution in [0.4, 0.5) is 0 Å². The van der Waals surface area contributed by atoms with Crippen LogP contribution in [-0.4, -0.2) is 60.3 Å². The smallest absolute Gasteiger partial charge is 0.119 e. The number of aliphatic hydroxyl groups is 1. The number of hydrogen-bond donors (Lipinski definition) is 1. The molecule has 0 spiro atoms. The van der Waals surface area contributed by atoms with E-state index in [1.165, 1.54) is 16.7 Å². The quantitative estimate of drug-likeness (QED) is 0.506. The second-order valence-electron chi connectivity index (χ2n) is 9.25. The lowest BCUT2D eigenvalue weighted by atomic mass is 9.96. The minimum absolute atomic E-state index is 0.261. The molecule has 33 heavy (non-hydrogen) atoms. The van der Waals surface area contributed by atoms with E-state index in [0.717, 1.165) is 31.9 Å². The number of β-amino-alcohol motifs (C(OH)–C–C–N with tert-alkyl or cyclic N) is 1. The van der Waals surface area contributed by atoms with Crippen molar-refractivity contribution >= 4 is 0 Å². The predicted octanol–water partition coefficient (Wildman–Crippen LogP) is 4.96. The zero-order valence-electron chi connectivity index (χ0n) is 19.8. The van der Waals surface area contributed by atoms with Gasteiger partial charge >= 0.3 is 0 Å². The van der Waals surface area contributed by atoms with Crippen molar-refractivity contribution in [2.24, 2.45) is 0 Å². The van der Waals surface area contributed by atoms with Crippen LogP contribution in [-0.2, 0) is 0 Å². The first kappa shape index (κ1) is 23.5. The molecule has 0 amide bonds. The third-order valence-corrected chi connectivity index (χ3v) is 6.46.